The van der Waals surface area contributed by atoms with E-state index in [0.29, 0.717) is 18.9 Å². The molecule has 4 nitrogen and oxygen atoms in total. The molecule has 1 amide bonds. The minimum Gasteiger partial charge on any atom is -0.355 e. The van der Waals surface area contributed by atoms with E-state index in [2.05, 4.69) is 25.2 Å². The van der Waals surface area contributed by atoms with Crippen LogP contribution in [0.2, 0.25) is 0 Å². The Morgan fingerprint density at radius 2 is 2.18 bits per heavy atom. The molecule has 0 aliphatic heterocycles. The first-order valence-corrected chi connectivity index (χ1v) is 6.30. The van der Waals surface area contributed by atoms with Crippen LogP contribution in [0.3, 0.4) is 0 Å². The summed E-state index contributed by atoms with van der Waals surface area (Å²) < 4.78 is 0. The van der Waals surface area contributed by atoms with Gasteiger partial charge in [-0.1, -0.05) is 13.8 Å². The average Bonchev–Trinajstić information content (AvgIpc) is 2.95. The summed E-state index contributed by atoms with van der Waals surface area (Å²) in [5.41, 5.74) is 0.182. The van der Waals surface area contributed by atoms with Crippen molar-refractivity contribution in [1.82, 2.24) is 10.2 Å². The Bertz CT molecular complexity index is 302. The van der Waals surface area contributed by atoms with E-state index >= 15 is 0 Å². The third-order valence-electron chi connectivity index (χ3n) is 3.14. The van der Waals surface area contributed by atoms with E-state index in [4.69, 9.17) is 5.26 Å². The summed E-state index contributed by atoms with van der Waals surface area (Å²) in [6.45, 7) is 6.18. The van der Waals surface area contributed by atoms with Gasteiger partial charge in [0.15, 0.2) is 0 Å². The van der Waals surface area contributed by atoms with Gasteiger partial charge in [0.1, 0.15) is 0 Å². The van der Waals surface area contributed by atoms with E-state index in [1.165, 1.54) is 0 Å². The van der Waals surface area contributed by atoms with Crippen molar-refractivity contribution in [1.29, 1.82) is 5.26 Å². The molecular formula is C13H23N3O. The lowest BCUT2D eigenvalue weighted by Gasteiger charge is -2.21. The molecule has 17 heavy (non-hydrogen) atoms. The maximum absolute atomic E-state index is 11.6. The molecule has 1 aliphatic carbocycles. The van der Waals surface area contributed by atoms with Crippen LogP contribution in [0.15, 0.2) is 0 Å². The summed E-state index contributed by atoms with van der Waals surface area (Å²) in [6.07, 6.45) is 2.86. The van der Waals surface area contributed by atoms with Crippen LogP contribution in [-0.4, -0.2) is 37.5 Å². The minimum atomic E-state index is 0.0777. The zero-order valence-corrected chi connectivity index (χ0v) is 11.1. The van der Waals surface area contributed by atoms with Gasteiger partial charge in [0.05, 0.1) is 12.6 Å². The van der Waals surface area contributed by atoms with Crippen molar-refractivity contribution >= 4 is 5.91 Å². The molecule has 4 heteroatoms. The molecule has 1 aliphatic rings. The van der Waals surface area contributed by atoms with E-state index in [0.717, 1.165) is 25.9 Å². The highest BCUT2D eigenvalue weighted by Crippen LogP contribution is 2.48. The van der Waals surface area contributed by atoms with Crippen LogP contribution in [0.4, 0.5) is 0 Å². The summed E-state index contributed by atoms with van der Waals surface area (Å²) in [5.74, 6) is 0.562. The van der Waals surface area contributed by atoms with Crippen molar-refractivity contribution in [2.75, 3.05) is 26.7 Å². The molecule has 0 spiro atoms. The molecule has 0 radical (unpaired) electrons. The lowest BCUT2D eigenvalue weighted by Crippen LogP contribution is -2.39. The zero-order chi connectivity index (χ0) is 12.9. The molecule has 0 atom stereocenters. The highest BCUT2D eigenvalue weighted by atomic mass is 16.2. The van der Waals surface area contributed by atoms with Crippen molar-refractivity contribution in [3.8, 4) is 6.07 Å². The van der Waals surface area contributed by atoms with Gasteiger partial charge >= 0.3 is 0 Å². The molecule has 0 saturated heterocycles. The summed E-state index contributed by atoms with van der Waals surface area (Å²) in [4.78, 5) is 13.6. The highest BCUT2D eigenvalue weighted by molar-refractivity contribution is 5.77. The van der Waals surface area contributed by atoms with Crippen molar-refractivity contribution in [2.45, 2.75) is 33.1 Å². The van der Waals surface area contributed by atoms with E-state index < -0.39 is 0 Å². The average molecular weight is 237 g/mol. The van der Waals surface area contributed by atoms with Crippen molar-refractivity contribution in [2.24, 2.45) is 11.3 Å². The summed E-state index contributed by atoms with van der Waals surface area (Å²) in [6, 6.07) is 2.24. The quantitative estimate of drug-likeness (QED) is 0.728. The summed E-state index contributed by atoms with van der Waals surface area (Å²) >= 11 is 0. The van der Waals surface area contributed by atoms with Crippen molar-refractivity contribution < 1.29 is 4.79 Å². The SMILES string of the molecule is CC(C)CNC(=O)CN(C)CC1(CC#N)CC1. The first-order chi connectivity index (χ1) is 7.97. The second-order valence-electron chi connectivity index (χ2n) is 5.71. The molecule has 1 rings (SSSR count). The highest BCUT2D eigenvalue weighted by Gasteiger charge is 2.43. The van der Waals surface area contributed by atoms with Crippen LogP contribution in [0.25, 0.3) is 0 Å². The fourth-order valence-electron chi connectivity index (χ4n) is 1.98. The van der Waals surface area contributed by atoms with Crippen molar-refractivity contribution in [3.63, 3.8) is 0 Å². The minimum absolute atomic E-state index is 0.0777. The van der Waals surface area contributed by atoms with E-state index in [-0.39, 0.29) is 11.3 Å². The second-order valence-corrected chi connectivity index (χ2v) is 5.71. The normalized spacial score (nSPS) is 16.9. The van der Waals surface area contributed by atoms with Gasteiger partial charge in [-0.15, -0.1) is 0 Å². The molecular weight excluding hydrogens is 214 g/mol. The van der Waals surface area contributed by atoms with E-state index in [1.807, 2.05) is 11.9 Å². The Balaban J connectivity index is 2.23. The molecule has 0 unspecified atom stereocenters. The first kappa shape index (κ1) is 14.0. The van der Waals surface area contributed by atoms with Crippen molar-refractivity contribution in [3.05, 3.63) is 0 Å². The zero-order valence-electron chi connectivity index (χ0n) is 11.1. The number of likely N-dealkylation sites (N-methyl/N-ethyl adjacent to an activating group) is 1. The van der Waals surface area contributed by atoms with Gasteiger partial charge < -0.3 is 5.32 Å². The predicted octanol–water partition coefficient (Wildman–Crippen LogP) is 1.38. The van der Waals surface area contributed by atoms with E-state index in [1.54, 1.807) is 0 Å². The number of carbonyl (C=O) groups is 1. The largest absolute Gasteiger partial charge is 0.355 e. The summed E-state index contributed by atoms with van der Waals surface area (Å²) in [5, 5.41) is 11.6. The number of hydrogen-bond donors (Lipinski definition) is 1. The van der Waals surface area contributed by atoms with Gasteiger partial charge in [-0.3, -0.25) is 9.69 Å². The van der Waals surface area contributed by atoms with Gasteiger partial charge in [-0.2, -0.15) is 5.26 Å². The number of nitriles is 1. The van der Waals surface area contributed by atoms with Crippen LogP contribution in [0, 0.1) is 22.7 Å². The maximum Gasteiger partial charge on any atom is 0.234 e. The van der Waals surface area contributed by atoms with Gasteiger partial charge in [0.25, 0.3) is 0 Å². The monoisotopic (exact) mass is 237 g/mol. The molecule has 96 valence electrons. The number of hydrogen-bond acceptors (Lipinski definition) is 3. The van der Waals surface area contributed by atoms with Gasteiger partial charge in [-0.25, -0.2) is 0 Å². The number of rotatable bonds is 7. The smallest absolute Gasteiger partial charge is 0.234 e. The Morgan fingerprint density at radius 1 is 1.53 bits per heavy atom. The summed E-state index contributed by atoms with van der Waals surface area (Å²) in [7, 11) is 1.95. The molecule has 0 aromatic rings. The number of nitrogens with zero attached hydrogens (tertiary/aromatic N) is 2. The van der Waals surface area contributed by atoms with E-state index in [9.17, 15) is 4.79 Å². The van der Waals surface area contributed by atoms with Gasteiger partial charge in [0.2, 0.25) is 5.91 Å². The number of nitrogens with one attached hydrogen (secondary N) is 1. The third kappa shape index (κ3) is 5.18. The van der Waals surface area contributed by atoms with Crippen LogP contribution >= 0.6 is 0 Å². The molecule has 1 saturated carbocycles. The van der Waals surface area contributed by atoms with Crippen LogP contribution in [-0.2, 0) is 4.79 Å². The fourth-order valence-corrected chi connectivity index (χ4v) is 1.98. The lowest BCUT2D eigenvalue weighted by molar-refractivity contribution is -0.122. The lowest BCUT2D eigenvalue weighted by atomic mass is 10.0. The fraction of sp³-hybridized carbons (Fsp3) is 0.846. The van der Waals surface area contributed by atoms with Crippen LogP contribution in [0.5, 0.6) is 0 Å². The Hall–Kier alpha value is -1.08. The Kier molecular flexibility index (Phi) is 4.95. The number of carbonyl (C=O) groups excluding carboxylic acids is 1. The molecule has 0 aromatic carbocycles. The second kappa shape index (κ2) is 6.02. The standard InChI is InChI=1S/C13H23N3O/c1-11(2)8-15-12(17)9-16(3)10-13(4-5-13)6-7-14/h11H,4-6,8-10H2,1-3H3,(H,15,17). The molecule has 0 heterocycles. The van der Waals surface area contributed by atoms with Gasteiger partial charge in [-0.05, 0) is 31.2 Å². The molecule has 0 bridgehead atoms. The third-order valence-corrected chi connectivity index (χ3v) is 3.14. The van der Waals surface area contributed by atoms with Crippen LogP contribution < -0.4 is 5.32 Å². The van der Waals surface area contributed by atoms with Crippen LogP contribution in [0.1, 0.15) is 33.1 Å². The Labute approximate surface area is 104 Å². The maximum atomic E-state index is 11.6. The molecule has 1 fully saturated rings. The Morgan fingerprint density at radius 3 is 2.65 bits per heavy atom. The topological polar surface area (TPSA) is 56.1 Å². The molecule has 1 N–H and O–H groups in total. The predicted molar refractivity (Wildman–Crippen MR) is 67.2 cm³/mol. The van der Waals surface area contributed by atoms with Gasteiger partial charge in [0, 0.05) is 19.5 Å². The number of amides is 1. The molecule has 0 aromatic heterocycles. The first-order valence-electron chi connectivity index (χ1n) is 6.30.